The molecule has 2 nitrogen and oxygen atoms in total. The summed E-state index contributed by atoms with van der Waals surface area (Å²) in [5.74, 6) is 0. The molecule has 0 aliphatic heterocycles. The number of nitrogens with zero attached hydrogens (tertiary/aromatic N) is 2. The quantitative estimate of drug-likeness (QED) is 0.341. The highest BCUT2D eigenvalue weighted by Gasteiger charge is 2.16. The summed E-state index contributed by atoms with van der Waals surface area (Å²) in [4.78, 5) is 0. The van der Waals surface area contributed by atoms with Gasteiger partial charge in [-0.3, -0.25) is 0 Å². The lowest BCUT2D eigenvalue weighted by molar-refractivity contribution is 1.37. The molecule has 0 fully saturated rings. The topological polar surface area (TPSA) is 28.2 Å². The Morgan fingerprint density at radius 3 is 2.19 bits per heavy atom. The maximum absolute atomic E-state index is 9.20. The Morgan fingerprint density at radius 2 is 1.30 bits per heavy atom. The molecule has 6 aromatic rings. The number of nitriles is 1. The van der Waals surface area contributed by atoms with Crippen molar-refractivity contribution in [2.45, 2.75) is 0 Å². The van der Waals surface area contributed by atoms with Crippen LogP contribution >= 0.6 is 0 Å². The summed E-state index contributed by atoms with van der Waals surface area (Å²) in [7, 11) is 0. The Kier molecular flexibility index (Phi) is 2.71. The average molecular weight is 342 g/mol. The van der Waals surface area contributed by atoms with E-state index in [0.717, 1.165) is 11.1 Å². The first-order chi connectivity index (χ1) is 13.3. The van der Waals surface area contributed by atoms with Gasteiger partial charge in [0.05, 0.1) is 28.2 Å². The Balaban J connectivity index is 1.75. The molecule has 6 rings (SSSR count). The number of para-hydroxylation sites is 2. The van der Waals surface area contributed by atoms with Gasteiger partial charge >= 0.3 is 0 Å². The molecular weight excluding hydrogens is 328 g/mol. The first-order valence-corrected chi connectivity index (χ1v) is 9.03. The molecule has 0 radical (unpaired) electrons. The standard InChI is InChI=1S/C25H14N2/c26-15-16-5-3-6-17(13-16)18-11-12-24-22(14-18)21-9-4-8-20-19-7-1-2-10-23(19)27(24)25(20)21/h1-14H. The summed E-state index contributed by atoms with van der Waals surface area (Å²) in [6, 6.07) is 31.8. The molecule has 27 heavy (non-hydrogen) atoms. The Morgan fingerprint density at radius 1 is 0.593 bits per heavy atom. The number of rotatable bonds is 1. The molecule has 0 bridgehead atoms. The SMILES string of the molecule is N#Cc1cccc(-c2ccc3c(c2)c2cccc4c5ccccc5n3c42)c1. The third-order valence-electron chi connectivity index (χ3n) is 5.55. The van der Waals surface area contributed by atoms with E-state index >= 15 is 0 Å². The third-order valence-corrected chi connectivity index (χ3v) is 5.55. The van der Waals surface area contributed by atoms with Gasteiger partial charge in [0, 0.05) is 21.5 Å². The lowest BCUT2D eigenvalue weighted by Gasteiger charge is -2.04. The highest BCUT2D eigenvalue weighted by Crippen LogP contribution is 2.39. The summed E-state index contributed by atoms with van der Waals surface area (Å²) >= 11 is 0. The van der Waals surface area contributed by atoms with Gasteiger partial charge < -0.3 is 4.40 Å². The summed E-state index contributed by atoms with van der Waals surface area (Å²) in [6.45, 7) is 0. The van der Waals surface area contributed by atoms with Crippen molar-refractivity contribution in [1.82, 2.24) is 4.40 Å². The Hall–Kier alpha value is -3.83. The first-order valence-electron chi connectivity index (χ1n) is 9.03. The maximum atomic E-state index is 9.20. The highest BCUT2D eigenvalue weighted by atomic mass is 14.9. The zero-order valence-electron chi connectivity index (χ0n) is 14.5. The average Bonchev–Trinajstić information content (AvgIpc) is 3.25. The molecule has 0 saturated carbocycles. The van der Waals surface area contributed by atoms with E-state index < -0.39 is 0 Å². The third kappa shape index (κ3) is 1.83. The van der Waals surface area contributed by atoms with Gasteiger partial charge in [0.15, 0.2) is 0 Å². The van der Waals surface area contributed by atoms with Crippen molar-refractivity contribution < 1.29 is 0 Å². The van der Waals surface area contributed by atoms with Crippen LogP contribution in [0.1, 0.15) is 5.56 Å². The summed E-state index contributed by atoms with van der Waals surface area (Å²) in [6.07, 6.45) is 0. The normalized spacial score (nSPS) is 11.7. The van der Waals surface area contributed by atoms with Crippen molar-refractivity contribution in [3.05, 3.63) is 90.5 Å². The number of aromatic nitrogens is 1. The fourth-order valence-corrected chi connectivity index (χ4v) is 4.38. The Labute approximate surface area is 155 Å². The summed E-state index contributed by atoms with van der Waals surface area (Å²) in [5, 5.41) is 14.3. The maximum Gasteiger partial charge on any atom is 0.0991 e. The predicted molar refractivity (Wildman–Crippen MR) is 111 cm³/mol. The van der Waals surface area contributed by atoms with E-state index in [1.165, 1.54) is 38.1 Å². The molecule has 0 aliphatic carbocycles. The van der Waals surface area contributed by atoms with Crippen LogP contribution in [0.5, 0.6) is 0 Å². The zero-order chi connectivity index (χ0) is 18.0. The van der Waals surface area contributed by atoms with E-state index in [0.29, 0.717) is 5.56 Å². The largest absolute Gasteiger partial charge is 0.308 e. The van der Waals surface area contributed by atoms with Gasteiger partial charge in [-0.25, -0.2) is 0 Å². The van der Waals surface area contributed by atoms with E-state index in [1.807, 2.05) is 18.2 Å². The van der Waals surface area contributed by atoms with Crippen molar-refractivity contribution >= 4 is 38.1 Å². The second kappa shape index (κ2) is 5.09. The van der Waals surface area contributed by atoms with Gasteiger partial charge in [0.25, 0.3) is 0 Å². The molecule has 124 valence electrons. The van der Waals surface area contributed by atoms with Crippen LogP contribution in [-0.4, -0.2) is 4.40 Å². The van der Waals surface area contributed by atoms with E-state index in [1.54, 1.807) is 0 Å². The van der Waals surface area contributed by atoms with Crippen LogP contribution in [0.3, 0.4) is 0 Å². The van der Waals surface area contributed by atoms with Crippen LogP contribution < -0.4 is 0 Å². The number of hydrogen-bond acceptors (Lipinski definition) is 1. The van der Waals surface area contributed by atoms with E-state index in [4.69, 9.17) is 0 Å². The molecule has 0 aliphatic rings. The summed E-state index contributed by atoms with van der Waals surface area (Å²) < 4.78 is 2.38. The van der Waals surface area contributed by atoms with Gasteiger partial charge in [-0.1, -0.05) is 54.6 Å². The fraction of sp³-hybridized carbons (Fsp3) is 0. The second-order valence-electron chi connectivity index (χ2n) is 6.98. The van der Waals surface area contributed by atoms with Crippen molar-refractivity contribution in [1.29, 1.82) is 5.26 Å². The van der Waals surface area contributed by atoms with Crippen LogP contribution in [-0.2, 0) is 0 Å². The Bertz CT molecular complexity index is 1530. The van der Waals surface area contributed by atoms with Gasteiger partial charge in [-0.05, 0) is 41.5 Å². The van der Waals surface area contributed by atoms with Crippen molar-refractivity contribution in [2.75, 3.05) is 0 Å². The van der Waals surface area contributed by atoms with Crippen LogP contribution in [0.25, 0.3) is 49.2 Å². The predicted octanol–water partition coefficient (Wildman–Crippen LogP) is 6.38. The smallest absolute Gasteiger partial charge is 0.0991 e. The number of fused-ring (bicyclic) bond motifs is 6. The zero-order valence-corrected chi connectivity index (χ0v) is 14.5. The number of hydrogen-bond donors (Lipinski definition) is 0. The van der Waals surface area contributed by atoms with E-state index in [2.05, 4.69) is 77.2 Å². The van der Waals surface area contributed by atoms with Crippen molar-refractivity contribution in [3.63, 3.8) is 0 Å². The van der Waals surface area contributed by atoms with Crippen LogP contribution in [0.15, 0.2) is 84.9 Å². The van der Waals surface area contributed by atoms with Gasteiger partial charge in [0.1, 0.15) is 0 Å². The minimum Gasteiger partial charge on any atom is -0.308 e. The minimum atomic E-state index is 0.687. The molecule has 0 unspecified atom stereocenters. The van der Waals surface area contributed by atoms with Gasteiger partial charge in [0.2, 0.25) is 0 Å². The van der Waals surface area contributed by atoms with E-state index in [-0.39, 0.29) is 0 Å². The van der Waals surface area contributed by atoms with Crippen LogP contribution in [0.4, 0.5) is 0 Å². The van der Waals surface area contributed by atoms with Gasteiger partial charge in [-0.2, -0.15) is 5.26 Å². The number of benzene rings is 4. The molecule has 2 heteroatoms. The molecule has 2 heterocycles. The molecule has 4 aromatic carbocycles. The van der Waals surface area contributed by atoms with Crippen LogP contribution in [0, 0.1) is 11.3 Å². The summed E-state index contributed by atoms with van der Waals surface area (Å²) in [5.41, 5.74) is 6.66. The lowest BCUT2D eigenvalue weighted by Crippen LogP contribution is -1.82. The highest BCUT2D eigenvalue weighted by molar-refractivity contribution is 6.23. The molecular formula is C25H14N2. The monoisotopic (exact) mass is 342 g/mol. The van der Waals surface area contributed by atoms with E-state index in [9.17, 15) is 5.26 Å². The minimum absolute atomic E-state index is 0.687. The second-order valence-corrected chi connectivity index (χ2v) is 6.98. The van der Waals surface area contributed by atoms with Crippen molar-refractivity contribution in [2.24, 2.45) is 0 Å². The molecule has 0 N–H and O–H groups in total. The van der Waals surface area contributed by atoms with Crippen LogP contribution in [0.2, 0.25) is 0 Å². The lowest BCUT2D eigenvalue weighted by atomic mass is 10.0. The van der Waals surface area contributed by atoms with Crippen molar-refractivity contribution in [3.8, 4) is 17.2 Å². The fourth-order valence-electron chi connectivity index (χ4n) is 4.38. The molecule has 0 amide bonds. The van der Waals surface area contributed by atoms with Gasteiger partial charge in [-0.15, -0.1) is 0 Å². The first kappa shape index (κ1) is 14.4. The molecule has 0 atom stereocenters. The molecule has 2 aromatic heterocycles. The molecule has 0 spiro atoms. The molecule has 0 saturated heterocycles.